The van der Waals surface area contributed by atoms with Crippen molar-refractivity contribution in [1.29, 1.82) is 0 Å². The Morgan fingerprint density at radius 2 is 2.29 bits per heavy atom. The number of rotatable bonds is 5. The lowest BCUT2D eigenvalue weighted by molar-refractivity contribution is 0.0670. The van der Waals surface area contributed by atoms with E-state index in [-0.39, 0.29) is 18.1 Å². The molecule has 1 amide bonds. The van der Waals surface area contributed by atoms with Crippen LogP contribution in [0.1, 0.15) is 41.5 Å². The fraction of sp³-hybridized carbons (Fsp3) is 0.500. The molecule has 2 aromatic rings. The van der Waals surface area contributed by atoms with E-state index in [1.54, 1.807) is 31.1 Å². The summed E-state index contributed by atoms with van der Waals surface area (Å²) in [6.07, 6.45) is 2.07. The van der Waals surface area contributed by atoms with Crippen molar-refractivity contribution in [3.05, 3.63) is 35.6 Å². The van der Waals surface area contributed by atoms with Gasteiger partial charge in [0, 0.05) is 32.3 Å². The van der Waals surface area contributed by atoms with Crippen molar-refractivity contribution in [1.82, 2.24) is 20.0 Å². The summed E-state index contributed by atoms with van der Waals surface area (Å²) in [5, 5.41) is 3.82. The molecular weight excluding hydrogens is 312 g/mol. The molecule has 2 atom stereocenters. The molecule has 0 aromatic carbocycles. The number of aryl methyl sites for hydroxylation is 1. The smallest absolute Gasteiger partial charge is 0.256 e. The Balaban J connectivity index is 1.82. The largest absolute Gasteiger partial charge is 0.478 e. The van der Waals surface area contributed by atoms with Crippen molar-refractivity contribution >= 4 is 5.91 Å². The molecule has 1 saturated heterocycles. The van der Waals surface area contributed by atoms with Crippen LogP contribution < -0.4 is 4.74 Å². The highest BCUT2D eigenvalue weighted by Gasteiger charge is 2.39. The van der Waals surface area contributed by atoms with Crippen LogP contribution in [0.5, 0.6) is 5.88 Å². The summed E-state index contributed by atoms with van der Waals surface area (Å²) < 4.78 is 16.0. The van der Waals surface area contributed by atoms with Crippen molar-refractivity contribution < 1.29 is 18.8 Å². The average molecular weight is 332 g/mol. The molecule has 2 aromatic heterocycles. The van der Waals surface area contributed by atoms with Gasteiger partial charge < -0.3 is 18.9 Å². The number of pyridine rings is 1. The fourth-order valence-electron chi connectivity index (χ4n) is 2.78. The number of amides is 1. The number of carbonyl (C=O) groups excluding carboxylic acids is 1. The number of carbonyl (C=O) groups is 1. The van der Waals surface area contributed by atoms with Gasteiger partial charge in [0.1, 0.15) is 6.04 Å². The highest BCUT2D eigenvalue weighted by Crippen LogP contribution is 2.33. The Morgan fingerprint density at radius 1 is 1.46 bits per heavy atom. The fourth-order valence-corrected chi connectivity index (χ4v) is 2.78. The zero-order chi connectivity index (χ0) is 17.1. The molecule has 1 aliphatic heterocycles. The average Bonchev–Trinajstić information content (AvgIpc) is 3.21. The number of hydrogen-bond acceptors (Lipinski definition) is 7. The van der Waals surface area contributed by atoms with Crippen LogP contribution in [0.25, 0.3) is 0 Å². The normalized spacial score (nSPS) is 20.4. The third kappa shape index (κ3) is 3.23. The van der Waals surface area contributed by atoms with E-state index >= 15 is 0 Å². The second-order valence-electron chi connectivity index (χ2n) is 5.56. The van der Waals surface area contributed by atoms with E-state index in [4.69, 9.17) is 14.0 Å². The Kier molecular flexibility index (Phi) is 4.75. The Labute approximate surface area is 139 Å². The summed E-state index contributed by atoms with van der Waals surface area (Å²) in [5.41, 5.74) is 0.483. The number of ether oxygens (including phenoxy) is 2. The second-order valence-corrected chi connectivity index (χ2v) is 5.56. The van der Waals surface area contributed by atoms with Crippen molar-refractivity contribution in [3.63, 3.8) is 0 Å². The highest BCUT2D eigenvalue weighted by atomic mass is 16.5. The number of methoxy groups -OCH3 is 1. The van der Waals surface area contributed by atoms with Gasteiger partial charge in [-0.3, -0.25) is 4.79 Å². The Morgan fingerprint density at radius 3 is 2.88 bits per heavy atom. The van der Waals surface area contributed by atoms with Crippen LogP contribution >= 0.6 is 0 Å². The maximum atomic E-state index is 12.9. The predicted molar refractivity (Wildman–Crippen MR) is 83.6 cm³/mol. The van der Waals surface area contributed by atoms with E-state index in [1.807, 2.05) is 6.92 Å². The quantitative estimate of drug-likeness (QED) is 0.824. The van der Waals surface area contributed by atoms with Crippen LogP contribution in [0.3, 0.4) is 0 Å². The number of nitrogens with zero attached hydrogens (tertiary/aromatic N) is 4. The molecule has 0 bridgehead atoms. The second kappa shape index (κ2) is 6.96. The standard InChI is InChI=1S/C16H20N4O4/c1-4-23-14-6-5-11(8-17-14)16(21)20-9-12(22-3)7-13(20)15-18-10(2)19-24-15/h5-6,8,12-13H,4,7,9H2,1-3H3/t12-,13+/m0/s1. The van der Waals surface area contributed by atoms with Gasteiger partial charge in [-0.1, -0.05) is 5.16 Å². The minimum Gasteiger partial charge on any atom is -0.478 e. The third-order valence-corrected chi connectivity index (χ3v) is 3.96. The van der Waals surface area contributed by atoms with Crippen LogP contribution in [0.2, 0.25) is 0 Å². The van der Waals surface area contributed by atoms with E-state index in [0.29, 0.717) is 42.7 Å². The topological polar surface area (TPSA) is 90.6 Å². The zero-order valence-corrected chi connectivity index (χ0v) is 13.9. The molecule has 3 heterocycles. The molecule has 0 aliphatic carbocycles. The monoisotopic (exact) mass is 332 g/mol. The van der Waals surface area contributed by atoms with E-state index in [0.717, 1.165) is 0 Å². The van der Waals surface area contributed by atoms with Gasteiger partial charge in [-0.05, 0) is 19.9 Å². The third-order valence-electron chi connectivity index (χ3n) is 3.96. The zero-order valence-electron chi connectivity index (χ0n) is 13.9. The molecular formula is C16H20N4O4. The lowest BCUT2D eigenvalue weighted by Crippen LogP contribution is -2.32. The summed E-state index contributed by atoms with van der Waals surface area (Å²) in [5.74, 6) is 1.32. The van der Waals surface area contributed by atoms with Crippen LogP contribution in [-0.4, -0.2) is 52.3 Å². The summed E-state index contributed by atoms with van der Waals surface area (Å²) in [6.45, 7) is 4.63. The minimum atomic E-state index is -0.296. The highest BCUT2D eigenvalue weighted by molar-refractivity contribution is 5.94. The first kappa shape index (κ1) is 16.4. The molecule has 24 heavy (non-hydrogen) atoms. The summed E-state index contributed by atoms with van der Waals surface area (Å²) in [4.78, 5) is 23.0. The van der Waals surface area contributed by atoms with E-state index in [9.17, 15) is 4.79 Å². The molecule has 1 aliphatic rings. The van der Waals surface area contributed by atoms with Crippen molar-refractivity contribution in [2.45, 2.75) is 32.4 Å². The first-order valence-electron chi connectivity index (χ1n) is 7.85. The summed E-state index contributed by atoms with van der Waals surface area (Å²) >= 11 is 0. The minimum absolute atomic E-state index is 0.0678. The predicted octanol–water partition coefficient (Wildman–Crippen LogP) is 1.77. The maximum Gasteiger partial charge on any atom is 0.256 e. The van der Waals surface area contributed by atoms with Gasteiger partial charge in [0.25, 0.3) is 5.91 Å². The van der Waals surface area contributed by atoms with Crippen molar-refractivity contribution in [3.8, 4) is 5.88 Å². The van der Waals surface area contributed by atoms with Gasteiger partial charge in [0.2, 0.25) is 11.8 Å². The van der Waals surface area contributed by atoms with Crippen molar-refractivity contribution in [2.75, 3.05) is 20.3 Å². The molecule has 0 N–H and O–H groups in total. The molecule has 0 spiro atoms. The van der Waals surface area contributed by atoms with Crippen LogP contribution in [0, 0.1) is 6.92 Å². The van der Waals surface area contributed by atoms with E-state index < -0.39 is 0 Å². The van der Waals surface area contributed by atoms with Crippen molar-refractivity contribution in [2.24, 2.45) is 0 Å². The van der Waals surface area contributed by atoms with Gasteiger partial charge >= 0.3 is 0 Å². The van der Waals surface area contributed by atoms with E-state index in [2.05, 4.69) is 15.1 Å². The molecule has 0 unspecified atom stereocenters. The molecule has 8 heteroatoms. The number of likely N-dealkylation sites (tertiary alicyclic amines) is 1. The molecule has 8 nitrogen and oxygen atoms in total. The van der Waals surface area contributed by atoms with Gasteiger partial charge in [0.15, 0.2) is 5.82 Å². The lowest BCUT2D eigenvalue weighted by Gasteiger charge is -2.21. The van der Waals surface area contributed by atoms with Crippen LogP contribution in [-0.2, 0) is 4.74 Å². The van der Waals surface area contributed by atoms with Gasteiger partial charge in [0.05, 0.1) is 18.3 Å². The van der Waals surface area contributed by atoms with Crippen LogP contribution in [0.15, 0.2) is 22.9 Å². The number of aromatic nitrogens is 3. The molecule has 1 fully saturated rings. The first-order chi connectivity index (χ1) is 11.6. The SMILES string of the molecule is CCOc1ccc(C(=O)N2C[C@@H](OC)C[C@@H]2c2nc(C)no2)cn1. The van der Waals surface area contributed by atoms with Gasteiger partial charge in [-0.15, -0.1) is 0 Å². The van der Waals surface area contributed by atoms with Gasteiger partial charge in [-0.25, -0.2) is 4.98 Å². The molecule has 128 valence electrons. The number of hydrogen-bond donors (Lipinski definition) is 0. The first-order valence-corrected chi connectivity index (χ1v) is 7.85. The summed E-state index contributed by atoms with van der Waals surface area (Å²) in [6, 6.07) is 3.10. The maximum absolute atomic E-state index is 12.9. The Bertz CT molecular complexity index is 700. The molecule has 0 radical (unpaired) electrons. The molecule has 3 rings (SSSR count). The lowest BCUT2D eigenvalue weighted by atomic mass is 10.2. The molecule has 0 saturated carbocycles. The summed E-state index contributed by atoms with van der Waals surface area (Å²) in [7, 11) is 1.63. The van der Waals surface area contributed by atoms with Crippen LogP contribution in [0.4, 0.5) is 0 Å². The van der Waals surface area contributed by atoms with E-state index in [1.165, 1.54) is 6.20 Å². The van der Waals surface area contributed by atoms with Gasteiger partial charge in [-0.2, -0.15) is 4.98 Å². The Hall–Kier alpha value is -2.48.